The number of ether oxygens (including phenoxy) is 4. The van der Waals surface area contributed by atoms with E-state index in [2.05, 4.69) is 0 Å². The van der Waals surface area contributed by atoms with Crippen LogP contribution in [0.4, 0.5) is 0 Å². The van der Waals surface area contributed by atoms with Crippen molar-refractivity contribution in [3.63, 3.8) is 0 Å². The molecule has 0 bridgehead atoms. The van der Waals surface area contributed by atoms with Crippen LogP contribution in [0, 0.1) is 0 Å². The molecule has 2 atom stereocenters. The van der Waals surface area contributed by atoms with Crippen molar-refractivity contribution in [1.29, 1.82) is 0 Å². The summed E-state index contributed by atoms with van der Waals surface area (Å²) < 4.78 is 21.9. The number of unbranched alkanes of at least 4 members (excludes halogenated alkanes) is 1. The molecule has 0 spiro atoms. The van der Waals surface area contributed by atoms with Crippen LogP contribution in [0.2, 0.25) is 0 Å². The predicted octanol–water partition coefficient (Wildman–Crippen LogP) is 3.44. The Labute approximate surface area is 209 Å². The van der Waals surface area contributed by atoms with Gasteiger partial charge in [0.1, 0.15) is 5.82 Å². The molecule has 3 rings (SSSR count). The normalized spacial score (nSPS) is 19.7. The first kappa shape index (κ1) is 26.5. The zero-order valence-electron chi connectivity index (χ0n) is 20.9. The first-order valence-electron chi connectivity index (χ1n) is 11.5. The summed E-state index contributed by atoms with van der Waals surface area (Å²) in [6.07, 6.45) is 1.41. The van der Waals surface area contributed by atoms with Gasteiger partial charge >= 0.3 is 11.9 Å². The molecule has 2 aliphatic rings. The number of carbonyl (C=O) groups is 3. The van der Waals surface area contributed by atoms with Crippen molar-refractivity contribution in [2.24, 2.45) is 5.73 Å². The number of methoxy groups -OCH3 is 2. The lowest BCUT2D eigenvalue weighted by Crippen LogP contribution is -2.40. The molecule has 1 amide bonds. The first-order chi connectivity index (χ1) is 16.7. The Morgan fingerprint density at radius 1 is 1.14 bits per heavy atom. The fraction of sp³-hybridized carbons (Fsp3) is 0.480. The molecule has 0 aromatic heterocycles. The number of benzene rings is 1. The van der Waals surface area contributed by atoms with Gasteiger partial charge in [0.25, 0.3) is 0 Å². The second-order valence-electron chi connectivity index (χ2n) is 8.44. The van der Waals surface area contributed by atoms with Crippen molar-refractivity contribution in [2.75, 3.05) is 20.8 Å². The Hall–Kier alpha value is -3.14. The minimum Gasteiger partial charge on any atom is -0.493 e. The van der Waals surface area contributed by atoms with Gasteiger partial charge in [-0.1, -0.05) is 31.2 Å². The Morgan fingerprint density at radius 2 is 1.86 bits per heavy atom. The number of rotatable bonds is 9. The van der Waals surface area contributed by atoms with E-state index in [-0.39, 0.29) is 35.6 Å². The van der Waals surface area contributed by atoms with Crippen molar-refractivity contribution in [3.05, 3.63) is 45.8 Å². The van der Waals surface area contributed by atoms with E-state index in [0.717, 1.165) is 6.42 Å². The summed E-state index contributed by atoms with van der Waals surface area (Å²) in [4.78, 5) is 40.6. The SMILES string of the molecule is CCCCOC(=O)C1=C(N)N2C(=O)C(C)SC2=C(C(=O)OC)C1c1ccc(OC(C)C)c(OC)c1. The van der Waals surface area contributed by atoms with Crippen molar-refractivity contribution in [3.8, 4) is 11.5 Å². The topological polar surface area (TPSA) is 117 Å². The summed E-state index contributed by atoms with van der Waals surface area (Å²) in [5.41, 5.74) is 7.15. The maximum atomic E-state index is 13.3. The van der Waals surface area contributed by atoms with E-state index < -0.39 is 23.1 Å². The molecule has 35 heavy (non-hydrogen) atoms. The second-order valence-corrected chi connectivity index (χ2v) is 9.77. The molecule has 2 aliphatic heterocycles. The van der Waals surface area contributed by atoms with Gasteiger partial charge in [0.05, 0.1) is 54.3 Å². The zero-order chi connectivity index (χ0) is 25.9. The van der Waals surface area contributed by atoms with Crippen LogP contribution in [0.5, 0.6) is 11.5 Å². The van der Waals surface area contributed by atoms with Crippen molar-refractivity contribution < 1.29 is 33.3 Å². The highest BCUT2D eigenvalue weighted by Gasteiger charge is 2.49. The Bertz CT molecular complexity index is 1080. The van der Waals surface area contributed by atoms with Crippen LogP contribution in [0.15, 0.2) is 40.2 Å². The van der Waals surface area contributed by atoms with E-state index in [0.29, 0.717) is 28.5 Å². The number of carbonyl (C=O) groups excluding carboxylic acids is 3. The lowest BCUT2D eigenvalue weighted by Gasteiger charge is -2.33. The molecule has 2 unspecified atom stereocenters. The zero-order valence-corrected chi connectivity index (χ0v) is 21.7. The Morgan fingerprint density at radius 3 is 2.46 bits per heavy atom. The van der Waals surface area contributed by atoms with Gasteiger partial charge in [-0.2, -0.15) is 0 Å². The number of nitrogens with two attached hydrogens (primary N) is 1. The Kier molecular flexibility index (Phi) is 8.37. The first-order valence-corrected chi connectivity index (χ1v) is 12.4. The number of thioether (sulfide) groups is 1. The highest BCUT2D eigenvalue weighted by molar-refractivity contribution is 8.04. The molecule has 0 saturated carbocycles. The lowest BCUT2D eigenvalue weighted by atomic mass is 9.82. The predicted molar refractivity (Wildman–Crippen MR) is 132 cm³/mol. The third-order valence-electron chi connectivity index (χ3n) is 5.62. The number of amides is 1. The van der Waals surface area contributed by atoms with Gasteiger partial charge in [0.2, 0.25) is 5.91 Å². The summed E-state index contributed by atoms with van der Waals surface area (Å²) in [7, 11) is 2.76. The summed E-state index contributed by atoms with van der Waals surface area (Å²) in [6.45, 7) is 7.67. The van der Waals surface area contributed by atoms with E-state index in [1.54, 1.807) is 25.1 Å². The molecule has 1 saturated heterocycles. The number of fused-ring (bicyclic) bond motifs is 1. The van der Waals surface area contributed by atoms with Crippen LogP contribution < -0.4 is 15.2 Å². The summed E-state index contributed by atoms with van der Waals surface area (Å²) in [5, 5.41) is -0.140. The minimum absolute atomic E-state index is 0.00730. The quantitative estimate of drug-likeness (QED) is 0.398. The third kappa shape index (κ3) is 5.12. The van der Waals surface area contributed by atoms with E-state index in [4.69, 9.17) is 24.7 Å². The molecule has 0 radical (unpaired) electrons. The average Bonchev–Trinajstić information content (AvgIpc) is 3.12. The maximum absolute atomic E-state index is 13.3. The van der Waals surface area contributed by atoms with E-state index >= 15 is 0 Å². The molecule has 1 aromatic carbocycles. The standard InChI is InChI=1S/C25H32N2O7S/c1-7-8-11-33-25(30)19-18(15-9-10-16(34-13(2)3)17(12-15)31-5)20(24(29)32-6)23-27(21(19)26)22(28)14(4)35-23/h9-10,12-14,18H,7-8,11,26H2,1-6H3. The highest BCUT2D eigenvalue weighted by atomic mass is 32.2. The molecule has 1 fully saturated rings. The van der Waals surface area contributed by atoms with Crippen LogP contribution >= 0.6 is 11.8 Å². The second kappa shape index (κ2) is 11.1. The average molecular weight is 505 g/mol. The van der Waals surface area contributed by atoms with Crippen LogP contribution in [0.3, 0.4) is 0 Å². The number of hydrogen-bond acceptors (Lipinski definition) is 9. The van der Waals surface area contributed by atoms with Gasteiger partial charge < -0.3 is 24.7 Å². The van der Waals surface area contributed by atoms with Crippen molar-refractivity contribution >= 4 is 29.6 Å². The van der Waals surface area contributed by atoms with Gasteiger partial charge in [0, 0.05) is 0 Å². The lowest BCUT2D eigenvalue weighted by molar-refractivity contribution is -0.139. The van der Waals surface area contributed by atoms with Crippen molar-refractivity contribution in [1.82, 2.24) is 4.90 Å². The van der Waals surface area contributed by atoms with Gasteiger partial charge in [0.15, 0.2) is 11.5 Å². The highest BCUT2D eigenvalue weighted by Crippen LogP contribution is 2.50. The van der Waals surface area contributed by atoms with Crippen molar-refractivity contribution in [2.45, 2.75) is 57.8 Å². The van der Waals surface area contributed by atoms with E-state index in [1.165, 1.54) is 30.9 Å². The van der Waals surface area contributed by atoms with Crippen LogP contribution in [0.1, 0.15) is 52.0 Å². The summed E-state index contributed by atoms with van der Waals surface area (Å²) in [6, 6.07) is 5.15. The van der Waals surface area contributed by atoms with E-state index in [9.17, 15) is 14.4 Å². The molecule has 10 heteroatoms. The molecule has 2 heterocycles. The van der Waals surface area contributed by atoms with Gasteiger partial charge in [-0.25, -0.2) is 9.59 Å². The largest absolute Gasteiger partial charge is 0.493 e. The summed E-state index contributed by atoms with van der Waals surface area (Å²) in [5.74, 6) is -1.73. The van der Waals surface area contributed by atoms with Crippen LogP contribution in [-0.2, 0) is 23.9 Å². The fourth-order valence-corrected chi connectivity index (χ4v) is 5.14. The minimum atomic E-state index is -0.935. The number of nitrogens with zero attached hydrogens (tertiary/aromatic N) is 1. The monoisotopic (exact) mass is 504 g/mol. The van der Waals surface area contributed by atoms with Gasteiger partial charge in [-0.05, 0) is 44.9 Å². The molecule has 1 aromatic rings. The number of hydrogen-bond donors (Lipinski definition) is 1. The molecule has 9 nitrogen and oxygen atoms in total. The molecule has 190 valence electrons. The smallest absolute Gasteiger partial charge is 0.338 e. The van der Waals surface area contributed by atoms with Gasteiger partial charge in [-0.3, -0.25) is 9.69 Å². The molecule has 2 N–H and O–H groups in total. The summed E-state index contributed by atoms with van der Waals surface area (Å²) >= 11 is 1.20. The Balaban J connectivity index is 2.24. The van der Waals surface area contributed by atoms with E-state index in [1.807, 2.05) is 20.8 Å². The van der Waals surface area contributed by atoms with Gasteiger partial charge in [-0.15, -0.1) is 0 Å². The number of esters is 2. The third-order valence-corrected chi connectivity index (χ3v) is 6.81. The maximum Gasteiger partial charge on any atom is 0.338 e. The molecular formula is C25H32N2O7S. The van der Waals surface area contributed by atoms with Crippen LogP contribution in [-0.4, -0.2) is 54.9 Å². The molecular weight excluding hydrogens is 472 g/mol. The fourth-order valence-electron chi connectivity index (χ4n) is 3.97. The molecule has 0 aliphatic carbocycles. The van der Waals surface area contributed by atoms with Crippen LogP contribution in [0.25, 0.3) is 0 Å².